The van der Waals surface area contributed by atoms with Gasteiger partial charge in [-0.3, -0.25) is 14.8 Å². The molecule has 0 bridgehead atoms. The molecule has 0 saturated carbocycles. The fourth-order valence-corrected chi connectivity index (χ4v) is 2.14. The molecule has 2 heterocycles. The van der Waals surface area contributed by atoms with Gasteiger partial charge in [0.1, 0.15) is 11.5 Å². The van der Waals surface area contributed by atoms with E-state index < -0.39 is 5.91 Å². The van der Waals surface area contributed by atoms with Crippen molar-refractivity contribution < 1.29 is 18.7 Å². The number of amides is 1. The molecule has 0 atom stereocenters. The average molecular weight is 343 g/mol. The lowest BCUT2D eigenvalue weighted by Gasteiger charge is -2.05. The Labute approximate surface area is 143 Å². The largest absolute Gasteiger partial charge is 0.497 e. The number of methoxy groups -OCH3 is 2. The molecule has 9 heteroatoms. The fourth-order valence-electron chi connectivity index (χ4n) is 2.14. The minimum absolute atomic E-state index is 0.0205. The van der Waals surface area contributed by atoms with E-state index in [1.54, 1.807) is 49.4 Å². The zero-order valence-corrected chi connectivity index (χ0v) is 14.0. The first kappa shape index (κ1) is 16.5. The molecule has 9 nitrogen and oxygen atoms in total. The maximum Gasteiger partial charge on any atom is 0.322 e. The number of nitrogens with one attached hydrogen (secondary N) is 1. The molecule has 130 valence electrons. The third-order valence-corrected chi connectivity index (χ3v) is 3.44. The second-order valence-electron chi connectivity index (χ2n) is 5.02. The first-order valence-corrected chi connectivity index (χ1v) is 7.54. The van der Waals surface area contributed by atoms with Crippen molar-refractivity contribution in [3.8, 4) is 23.0 Å². The third-order valence-electron chi connectivity index (χ3n) is 3.44. The first-order valence-electron chi connectivity index (χ1n) is 7.54. The molecule has 0 spiro atoms. The van der Waals surface area contributed by atoms with Crippen LogP contribution in [0.1, 0.15) is 17.4 Å². The van der Waals surface area contributed by atoms with Gasteiger partial charge in [0, 0.05) is 24.4 Å². The fraction of sp³-hybridized carbons (Fsp3) is 0.250. The van der Waals surface area contributed by atoms with Crippen LogP contribution < -0.4 is 14.8 Å². The summed E-state index contributed by atoms with van der Waals surface area (Å²) in [6, 6.07) is 6.78. The maximum absolute atomic E-state index is 12.1. The number of anilines is 1. The van der Waals surface area contributed by atoms with Crippen molar-refractivity contribution in [1.82, 2.24) is 20.0 Å². The van der Waals surface area contributed by atoms with Gasteiger partial charge in [-0.25, -0.2) is 0 Å². The number of carbonyl (C=O) groups is 1. The number of carbonyl (C=O) groups excluding carboxylic acids is 1. The lowest BCUT2D eigenvalue weighted by molar-refractivity contribution is 0.101. The van der Waals surface area contributed by atoms with Crippen LogP contribution in [0.25, 0.3) is 11.5 Å². The highest BCUT2D eigenvalue weighted by atomic mass is 16.5. The zero-order chi connectivity index (χ0) is 17.8. The van der Waals surface area contributed by atoms with E-state index in [-0.39, 0.29) is 17.6 Å². The van der Waals surface area contributed by atoms with Crippen molar-refractivity contribution in [1.29, 1.82) is 0 Å². The Hall–Kier alpha value is -3.36. The molecule has 0 saturated heterocycles. The molecular weight excluding hydrogens is 326 g/mol. The topological polar surface area (TPSA) is 104 Å². The molecule has 0 aliphatic carbocycles. The van der Waals surface area contributed by atoms with Gasteiger partial charge in [0.15, 0.2) is 5.69 Å². The Morgan fingerprint density at radius 2 is 1.92 bits per heavy atom. The van der Waals surface area contributed by atoms with Gasteiger partial charge in [-0.15, -0.1) is 5.10 Å². The van der Waals surface area contributed by atoms with E-state index in [2.05, 4.69) is 20.6 Å². The highest BCUT2D eigenvalue weighted by Gasteiger charge is 2.16. The van der Waals surface area contributed by atoms with E-state index in [0.29, 0.717) is 23.6 Å². The predicted octanol–water partition coefficient (Wildman–Crippen LogP) is 2.22. The molecule has 1 N–H and O–H groups in total. The van der Waals surface area contributed by atoms with Crippen LogP contribution in [0.3, 0.4) is 0 Å². The van der Waals surface area contributed by atoms with Gasteiger partial charge in [-0.05, 0) is 25.1 Å². The molecule has 0 aliphatic heterocycles. The second-order valence-corrected chi connectivity index (χ2v) is 5.02. The minimum Gasteiger partial charge on any atom is -0.497 e. The molecule has 3 aromatic rings. The monoisotopic (exact) mass is 343 g/mol. The standard InChI is InChI=1S/C16H17N5O4/c1-4-21-6-5-13(20-21)14(22)17-16-19-18-15(25-16)10-7-11(23-2)9-12(8-10)24-3/h5-9H,4H2,1-3H3,(H,17,19,22). The quantitative estimate of drug-likeness (QED) is 0.731. The summed E-state index contributed by atoms with van der Waals surface area (Å²) in [7, 11) is 3.10. The summed E-state index contributed by atoms with van der Waals surface area (Å²) in [4.78, 5) is 12.1. The van der Waals surface area contributed by atoms with Crippen LogP contribution in [0.5, 0.6) is 11.5 Å². The van der Waals surface area contributed by atoms with Crippen molar-refractivity contribution in [3.63, 3.8) is 0 Å². The average Bonchev–Trinajstić information content (AvgIpc) is 3.30. The van der Waals surface area contributed by atoms with Crippen LogP contribution >= 0.6 is 0 Å². The molecule has 2 aromatic heterocycles. The number of nitrogens with zero attached hydrogens (tertiary/aromatic N) is 4. The van der Waals surface area contributed by atoms with E-state index >= 15 is 0 Å². The first-order chi connectivity index (χ1) is 12.1. The van der Waals surface area contributed by atoms with Crippen LogP contribution in [0.2, 0.25) is 0 Å². The Morgan fingerprint density at radius 1 is 1.20 bits per heavy atom. The number of benzene rings is 1. The lowest BCUT2D eigenvalue weighted by Crippen LogP contribution is -2.13. The Bertz CT molecular complexity index is 864. The Balaban J connectivity index is 1.79. The molecule has 0 fully saturated rings. The Kier molecular flexibility index (Phi) is 4.64. The van der Waals surface area contributed by atoms with Gasteiger partial charge >= 0.3 is 6.01 Å². The van der Waals surface area contributed by atoms with Gasteiger partial charge in [-0.1, -0.05) is 5.10 Å². The second kappa shape index (κ2) is 7.04. The van der Waals surface area contributed by atoms with E-state index in [9.17, 15) is 4.79 Å². The summed E-state index contributed by atoms with van der Waals surface area (Å²) in [6.07, 6.45) is 1.72. The van der Waals surface area contributed by atoms with Crippen LogP contribution in [0.15, 0.2) is 34.9 Å². The van der Waals surface area contributed by atoms with Crippen molar-refractivity contribution >= 4 is 11.9 Å². The van der Waals surface area contributed by atoms with Crippen LogP contribution in [0.4, 0.5) is 6.01 Å². The van der Waals surface area contributed by atoms with Gasteiger partial charge < -0.3 is 13.9 Å². The molecule has 25 heavy (non-hydrogen) atoms. The summed E-state index contributed by atoms with van der Waals surface area (Å²) < 4.78 is 17.6. The molecule has 0 aliphatic rings. The van der Waals surface area contributed by atoms with Crippen LogP contribution in [0, 0.1) is 0 Å². The van der Waals surface area contributed by atoms with Gasteiger partial charge in [0.25, 0.3) is 5.91 Å². The van der Waals surface area contributed by atoms with Gasteiger partial charge in [0.05, 0.1) is 14.2 Å². The highest BCUT2D eigenvalue weighted by molar-refractivity contribution is 6.01. The molecule has 0 unspecified atom stereocenters. The molecule has 0 radical (unpaired) electrons. The number of aryl methyl sites for hydroxylation is 1. The lowest BCUT2D eigenvalue weighted by atomic mass is 10.2. The molecule has 3 rings (SSSR count). The summed E-state index contributed by atoms with van der Waals surface area (Å²) in [5, 5.41) is 14.4. The number of rotatable bonds is 6. The van der Waals surface area contributed by atoms with E-state index in [4.69, 9.17) is 13.9 Å². The highest BCUT2D eigenvalue weighted by Crippen LogP contribution is 2.29. The van der Waals surface area contributed by atoms with Gasteiger partial charge in [0.2, 0.25) is 5.89 Å². The zero-order valence-electron chi connectivity index (χ0n) is 14.0. The number of ether oxygens (including phenoxy) is 2. The van der Waals surface area contributed by atoms with E-state index in [0.717, 1.165) is 0 Å². The van der Waals surface area contributed by atoms with Crippen molar-refractivity contribution in [2.24, 2.45) is 0 Å². The number of hydrogen-bond acceptors (Lipinski definition) is 7. The summed E-state index contributed by atoms with van der Waals surface area (Å²) in [6.45, 7) is 2.61. The van der Waals surface area contributed by atoms with Crippen molar-refractivity contribution in [2.45, 2.75) is 13.5 Å². The van der Waals surface area contributed by atoms with E-state index in [1.807, 2.05) is 6.92 Å². The third kappa shape index (κ3) is 3.60. The molecule has 1 aromatic carbocycles. The SMILES string of the molecule is CCn1ccc(C(=O)Nc2nnc(-c3cc(OC)cc(OC)c3)o2)n1. The normalized spacial score (nSPS) is 10.5. The smallest absolute Gasteiger partial charge is 0.322 e. The van der Waals surface area contributed by atoms with Crippen molar-refractivity contribution in [2.75, 3.05) is 19.5 Å². The maximum atomic E-state index is 12.1. The van der Waals surface area contributed by atoms with Crippen LogP contribution in [-0.2, 0) is 6.54 Å². The van der Waals surface area contributed by atoms with Crippen molar-refractivity contribution in [3.05, 3.63) is 36.2 Å². The Morgan fingerprint density at radius 3 is 2.52 bits per heavy atom. The number of aromatic nitrogens is 4. The number of hydrogen-bond donors (Lipinski definition) is 1. The summed E-state index contributed by atoms with van der Waals surface area (Å²) in [5.41, 5.74) is 0.879. The minimum atomic E-state index is -0.425. The van der Waals surface area contributed by atoms with Crippen LogP contribution in [-0.4, -0.2) is 40.1 Å². The predicted molar refractivity (Wildman–Crippen MR) is 88.7 cm³/mol. The molecular formula is C16H17N5O4. The van der Waals surface area contributed by atoms with E-state index in [1.165, 1.54) is 0 Å². The summed E-state index contributed by atoms with van der Waals surface area (Å²) in [5.74, 6) is 0.976. The van der Waals surface area contributed by atoms with Gasteiger partial charge in [-0.2, -0.15) is 5.10 Å². The molecule has 1 amide bonds. The summed E-state index contributed by atoms with van der Waals surface area (Å²) >= 11 is 0.